The Bertz CT molecular complexity index is 1420. The van der Waals surface area contributed by atoms with Gasteiger partial charge in [0, 0.05) is 6.42 Å². The molecule has 12 atom stereocenters. The second kappa shape index (κ2) is 40.1. The van der Waals surface area contributed by atoms with Crippen LogP contribution in [-0.2, 0) is 23.7 Å². The van der Waals surface area contributed by atoms with E-state index in [1.807, 2.05) is 18.2 Å². The van der Waals surface area contributed by atoms with Crippen LogP contribution in [0.4, 0.5) is 0 Å². The molecule has 2 aliphatic rings. The molecule has 0 aliphatic carbocycles. The number of aliphatic hydroxyl groups excluding tert-OH is 8. The van der Waals surface area contributed by atoms with E-state index in [2.05, 4.69) is 61.7 Å². The molecule has 0 radical (unpaired) electrons. The lowest BCUT2D eigenvalue weighted by Crippen LogP contribution is -2.65. The normalized spacial score (nSPS) is 27.0. The van der Waals surface area contributed by atoms with Crippen LogP contribution in [0.15, 0.2) is 72.9 Å². The molecule has 1 amide bonds. The minimum atomic E-state index is -1.80. The van der Waals surface area contributed by atoms with Crippen molar-refractivity contribution in [3.8, 4) is 0 Å². The quantitative estimate of drug-likeness (QED) is 0.0220. The maximum absolute atomic E-state index is 13.1. The van der Waals surface area contributed by atoms with Crippen molar-refractivity contribution in [2.45, 2.75) is 242 Å². The number of aliphatic hydroxyl groups is 8. The lowest BCUT2D eigenvalue weighted by atomic mass is 9.97. The van der Waals surface area contributed by atoms with E-state index in [9.17, 15) is 45.6 Å². The molecule has 0 bridgehead atoms. The molecule has 9 N–H and O–H groups in total. The van der Waals surface area contributed by atoms with Crippen molar-refractivity contribution in [1.82, 2.24) is 5.32 Å². The Hall–Kier alpha value is -2.57. The number of ether oxygens (including phenoxy) is 4. The van der Waals surface area contributed by atoms with E-state index in [1.165, 1.54) is 89.9 Å². The molecule has 0 aromatic carbocycles. The van der Waals surface area contributed by atoms with Crippen LogP contribution in [0.3, 0.4) is 0 Å². The van der Waals surface area contributed by atoms with Gasteiger partial charge in [-0.2, -0.15) is 0 Å². The summed E-state index contributed by atoms with van der Waals surface area (Å²) in [5, 5.41) is 86.7. The van der Waals surface area contributed by atoms with Gasteiger partial charge in [0.15, 0.2) is 12.6 Å². The Morgan fingerprint density at radius 1 is 0.544 bits per heavy atom. The molecule has 0 spiro atoms. The predicted octanol–water partition coefficient (Wildman–Crippen LogP) is 7.21. The van der Waals surface area contributed by atoms with E-state index >= 15 is 0 Å². The Labute approximate surface area is 408 Å². The van der Waals surface area contributed by atoms with E-state index in [-0.39, 0.29) is 18.9 Å². The van der Waals surface area contributed by atoms with E-state index in [4.69, 9.17) is 18.9 Å². The van der Waals surface area contributed by atoms with Crippen LogP contribution in [0.2, 0.25) is 0 Å². The van der Waals surface area contributed by atoms with Gasteiger partial charge in [0.2, 0.25) is 5.91 Å². The monoisotopic (exact) mass is 964 g/mol. The summed E-state index contributed by atoms with van der Waals surface area (Å²) in [4.78, 5) is 13.1. The second-order valence-electron chi connectivity index (χ2n) is 18.3. The van der Waals surface area contributed by atoms with E-state index in [0.717, 1.165) is 51.4 Å². The lowest BCUT2D eigenvalue weighted by Gasteiger charge is -2.46. The average Bonchev–Trinajstić information content (AvgIpc) is 3.34. The largest absolute Gasteiger partial charge is 0.394 e. The Balaban J connectivity index is 1.88. The third kappa shape index (κ3) is 26.6. The lowest BCUT2D eigenvalue weighted by molar-refractivity contribution is -0.359. The highest BCUT2D eigenvalue weighted by molar-refractivity contribution is 5.77. The van der Waals surface area contributed by atoms with Gasteiger partial charge in [0.1, 0.15) is 48.8 Å². The fourth-order valence-electron chi connectivity index (χ4n) is 8.18. The summed E-state index contributed by atoms with van der Waals surface area (Å²) >= 11 is 0. The summed E-state index contributed by atoms with van der Waals surface area (Å²) in [5.74, 6) is -0.369. The smallest absolute Gasteiger partial charge is 0.224 e. The number of amides is 1. The number of carbonyl (C=O) groups is 1. The van der Waals surface area contributed by atoms with Crippen LogP contribution in [0.1, 0.15) is 168 Å². The molecule has 2 saturated heterocycles. The third-order valence-electron chi connectivity index (χ3n) is 12.4. The summed E-state index contributed by atoms with van der Waals surface area (Å²) in [5.41, 5.74) is 0. The third-order valence-corrected chi connectivity index (χ3v) is 12.4. The number of hydrogen-bond donors (Lipinski definition) is 9. The molecule has 0 saturated carbocycles. The molecule has 12 unspecified atom stereocenters. The summed E-state index contributed by atoms with van der Waals surface area (Å²) in [6.07, 6.45) is 34.0. The van der Waals surface area contributed by atoms with Gasteiger partial charge in [0.05, 0.1) is 32.0 Å². The molecule has 2 aliphatic heterocycles. The highest BCUT2D eigenvalue weighted by Gasteiger charge is 2.51. The zero-order valence-corrected chi connectivity index (χ0v) is 41.6. The summed E-state index contributed by atoms with van der Waals surface area (Å²) < 4.78 is 22.6. The molecule has 14 heteroatoms. The van der Waals surface area contributed by atoms with Gasteiger partial charge < -0.3 is 65.1 Å². The molecule has 2 rings (SSSR count). The molecule has 0 aromatic heterocycles. The molecule has 2 fully saturated rings. The number of allylic oxidation sites excluding steroid dienone is 10. The zero-order valence-electron chi connectivity index (χ0n) is 41.6. The summed E-state index contributed by atoms with van der Waals surface area (Å²) in [7, 11) is 0. The number of carbonyl (C=O) groups excluding carboxylic acids is 1. The molecular weight excluding hydrogens is 871 g/mol. The second-order valence-corrected chi connectivity index (χ2v) is 18.3. The molecule has 0 aromatic rings. The van der Waals surface area contributed by atoms with Gasteiger partial charge in [-0.05, 0) is 44.9 Å². The van der Waals surface area contributed by atoms with Crippen molar-refractivity contribution in [3.05, 3.63) is 72.9 Å². The minimum absolute atomic E-state index is 0.0462. The number of hydrogen-bond acceptors (Lipinski definition) is 13. The van der Waals surface area contributed by atoms with Gasteiger partial charge in [-0.15, -0.1) is 0 Å². The molecule has 2 heterocycles. The van der Waals surface area contributed by atoms with Gasteiger partial charge >= 0.3 is 0 Å². The fourth-order valence-corrected chi connectivity index (χ4v) is 8.18. The van der Waals surface area contributed by atoms with Crippen molar-refractivity contribution in [2.24, 2.45) is 0 Å². The average molecular weight is 964 g/mol. The van der Waals surface area contributed by atoms with Gasteiger partial charge in [-0.1, -0.05) is 189 Å². The summed E-state index contributed by atoms with van der Waals surface area (Å²) in [6, 6.07) is -0.972. The zero-order chi connectivity index (χ0) is 49.6. The summed E-state index contributed by atoms with van der Waals surface area (Å²) in [6.45, 7) is 2.60. The van der Waals surface area contributed by atoms with Crippen molar-refractivity contribution >= 4 is 5.91 Å². The topological polar surface area (TPSA) is 228 Å². The number of rotatable bonds is 39. The van der Waals surface area contributed by atoms with Gasteiger partial charge in [-0.25, -0.2) is 0 Å². The van der Waals surface area contributed by atoms with Crippen molar-refractivity contribution in [3.63, 3.8) is 0 Å². The van der Waals surface area contributed by atoms with E-state index in [0.29, 0.717) is 6.42 Å². The first-order valence-corrected chi connectivity index (χ1v) is 26.2. The highest BCUT2D eigenvalue weighted by atomic mass is 16.7. The number of unbranched alkanes of at least 4 members (excludes halogenated alkanes) is 17. The minimum Gasteiger partial charge on any atom is -0.394 e. The standard InChI is InChI=1S/C54H93NO13/c1-3-5-7-9-11-13-15-17-19-20-21-22-24-25-27-29-31-33-35-37-43(58)42(55-46(59)38-36-34-32-30-28-26-23-18-16-14-12-10-8-6-4-2)41-65-53-51(64)49(62)52(45(40-57)67-53)68-54-50(63)48(61)47(60)44(39-56)66-54/h6,8,12,14,18,23,28,30,34-37,42-45,47-54,56-58,60-64H,3-5,7,9-11,13,15-17,19-22,24-27,29,31-33,38-41H2,1-2H3,(H,55,59)/b8-6-,14-12-,23-18-,30-28-,36-34-,37-35+. The first-order chi connectivity index (χ1) is 33.1. The van der Waals surface area contributed by atoms with Gasteiger partial charge in [-0.3, -0.25) is 4.79 Å². The molecule has 392 valence electrons. The highest BCUT2D eigenvalue weighted by Crippen LogP contribution is 2.30. The van der Waals surface area contributed by atoms with Crippen LogP contribution < -0.4 is 5.32 Å². The SMILES string of the molecule is CC/C=C\C/C=C\C/C=C\C/C=C\C/C=C\CC(=O)NC(COC1OC(CO)C(OC2OC(CO)C(O)C(O)C2O)C(O)C1O)C(O)/C=C/CCCCCCCCCCCCCCCCCCC. The molecule has 68 heavy (non-hydrogen) atoms. The maximum Gasteiger partial charge on any atom is 0.224 e. The van der Waals surface area contributed by atoms with Crippen molar-refractivity contribution in [1.29, 1.82) is 0 Å². The predicted molar refractivity (Wildman–Crippen MR) is 267 cm³/mol. The van der Waals surface area contributed by atoms with Crippen molar-refractivity contribution < 1.29 is 64.6 Å². The van der Waals surface area contributed by atoms with Gasteiger partial charge in [0.25, 0.3) is 0 Å². The Kier molecular flexibility index (Phi) is 36.3. The Morgan fingerprint density at radius 3 is 1.50 bits per heavy atom. The van der Waals surface area contributed by atoms with E-state index in [1.54, 1.807) is 12.2 Å². The van der Waals surface area contributed by atoms with Crippen LogP contribution in [0.25, 0.3) is 0 Å². The maximum atomic E-state index is 13.1. The van der Waals surface area contributed by atoms with Crippen molar-refractivity contribution in [2.75, 3.05) is 19.8 Å². The Morgan fingerprint density at radius 2 is 1.00 bits per heavy atom. The fraction of sp³-hybridized carbons (Fsp3) is 0.759. The van der Waals surface area contributed by atoms with Crippen LogP contribution in [0, 0.1) is 0 Å². The molecule has 14 nitrogen and oxygen atoms in total. The first-order valence-electron chi connectivity index (χ1n) is 26.2. The number of nitrogens with one attached hydrogen (secondary N) is 1. The van der Waals surface area contributed by atoms with Crippen LogP contribution in [-0.4, -0.2) is 140 Å². The van der Waals surface area contributed by atoms with Crippen LogP contribution >= 0.6 is 0 Å². The molecular formula is C54H93NO13. The first kappa shape index (κ1) is 61.5. The van der Waals surface area contributed by atoms with E-state index < -0.39 is 86.8 Å². The van der Waals surface area contributed by atoms with Crippen LogP contribution in [0.5, 0.6) is 0 Å².